The molecule has 0 saturated carbocycles. The lowest BCUT2D eigenvalue weighted by molar-refractivity contribution is -0.144. The van der Waals surface area contributed by atoms with E-state index in [1.807, 2.05) is 55.6 Å². The molecule has 3 rings (SSSR count). The number of carbonyl (C=O) groups excluding carboxylic acids is 2. The molecule has 150 valence electrons. The molecule has 0 aliphatic heterocycles. The molecule has 0 fully saturated rings. The van der Waals surface area contributed by atoms with Crippen molar-refractivity contribution in [3.05, 3.63) is 71.4 Å². The molecule has 0 aliphatic carbocycles. The van der Waals surface area contributed by atoms with Gasteiger partial charge < -0.3 is 19.8 Å². The number of aryl methyl sites for hydroxylation is 1. The quantitative estimate of drug-likeness (QED) is 0.477. The number of para-hydroxylation sites is 1. The van der Waals surface area contributed by atoms with Gasteiger partial charge in [0.25, 0.3) is 0 Å². The van der Waals surface area contributed by atoms with Crippen LogP contribution in [-0.4, -0.2) is 37.1 Å². The number of rotatable bonds is 7. The normalized spacial score (nSPS) is 12.1. The number of H-pyrrole nitrogens is 1. The molecule has 0 aliphatic rings. The average molecular weight is 392 g/mol. The van der Waals surface area contributed by atoms with Gasteiger partial charge in [-0.3, -0.25) is 4.79 Å². The molecular formula is C23H24N2O4. The molecular weight excluding hydrogens is 368 g/mol. The number of hydrogen-bond donors (Lipinski definition) is 2. The third-order valence-corrected chi connectivity index (χ3v) is 4.70. The van der Waals surface area contributed by atoms with Crippen molar-refractivity contribution in [2.75, 3.05) is 14.2 Å². The first-order valence-corrected chi connectivity index (χ1v) is 9.28. The van der Waals surface area contributed by atoms with Crippen LogP contribution in [0.4, 0.5) is 0 Å². The zero-order chi connectivity index (χ0) is 20.8. The molecule has 3 aromatic rings. The first-order chi connectivity index (χ1) is 14.0. The number of ether oxygens (including phenoxy) is 2. The van der Waals surface area contributed by atoms with E-state index in [2.05, 4.69) is 10.3 Å². The Kier molecular flexibility index (Phi) is 6.34. The van der Waals surface area contributed by atoms with Crippen LogP contribution in [0.25, 0.3) is 17.0 Å². The number of nitrogens with one attached hydrogen (secondary N) is 2. The predicted molar refractivity (Wildman–Crippen MR) is 113 cm³/mol. The van der Waals surface area contributed by atoms with Gasteiger partial charge in [-0.25, -0.2) is 4.79 Å². The minimum absolute atomic E-state index is 0.323. The molecule has 1 amide bonds. The van der Waals surface area contributed by atoms with E-state index >= 15 is 0 Å². The number of hydrogen-bond acceptors (Lipinski definition) is 4. The van der Waals surface area contributed by atoms with Gasteiger partial charge in [0.2, 0.25) is 5.91 Å². The summed E-state index contributed by atoms with van der Waals surface area (Å²) in [4.78, 5) is 27.9. The van der Waals surface area contributed by atoms with Crippen LogP contribution >= 0.6 is 0 Å². The smallest absolute Gasteiger partial charge is 0.328 e. The highest BCUT2D eigenvalue weighted by Crippen LogP contribution is 2.21. The largest absolute Gasteiger partial charge is 0.496 e. The second kappa shape index (κ2) is 9.10. The molecule has 0 spiro atoms. The van der Waals surface area contributed by atoms with Crippen LogP contribution in [-0.2, 0) is 20.7 Å². The molecule has 1 aromatic heterocycles. The maximum Gasteiger partial charge on any atom is 0.328 e. The number of amides is 1. The van der Waals surface area contributed by atoms with Crippen LogP contribution in [0.15, 0.2) is 54.7 Å². The van der Waals surface area contributed by atoms with Crippen LogP contribution in [0.5, 0.6) is 5.75 Å². The lowest BCUT2D eigenvalue weighted by Crippen LogP contribution is -2.42. The second-order valence-corrected chi connectivity index (χ2v) is 6.73. The van der Waals surface area contributed by atoms with Gasteiger partial charge in [-0.1, -0.05) is 29.8 Å². The van der Waals surface area contributed by atoms with Crippen molar-refractivity contribution < 1.29 is 19.1 Å². The van der Waals surface area contributed by atoms with E-state index < -0.39 is 12.0 Å². The van der Waals surface area contributed by atoms with E-state index in [4.69, 9.17) is 9.47 Å². The fraction of sp³-hybridized carbons (Fsp3) is 0.217. The first-order valence-electron chi connectivity index (χ1n) is 9.28. The lowest BCUT2D eigenvalue weighted by Gasteiger charge is -2.15. The Hall–Kier alpha value is -3.54. The van der Waals surface area contributed by atoms with Crippen molar-refractivity contribution in [2.45, 2.75) is 19.4 Å². The van der Waals surface area contributed by atoms with E-state index in [-0.39, 0.29) is 5.91 Å². The molecule has 29 heavy (non-hydrogen) atoms. The van der Waals surface area contributed by atoms with Gasteiger partial charge in [-0.2, -0.15) is 0 Å². The van der Waals surface area contributed by atoms with Crippen molar-refractivity contribution in [3.63, 3.8) is 0 Å². The molecule has 0 saturated heterocycles. The first kappa shape index (κ1) is 20.2. The van der Waals surface area contributed by atoms with Gasteiger partial charge in [0.15, 0.2) is 0 Å². The van der Waals surface area contributed by atoms with E-state index in [0.717, 1.165) is 27.6 Å². The molecule has 6 heteroatoms. The fourth-order valence-corrected chi connectivity index (χ4v) is 3.23. The lowest BCUT2D eigenvalue weighted by atomic mass is 10.0. The fourth-order valence-electron chi connectivity index (χ4n) is 3.23. The summed E-state index contributed by atoms with van der Waals surface area (Å²) in [6.45, 7) is 1.96. The molecule has 6 nitrogen and oxygen atoms in total. The third-order valence-electron chi connectivity index (χ3n) is 4.70. The highest BCUT2D eigenvalue weighted by Gasteiger charge is 2.22. The van der Waals surface area contributed by atoms with Crippen molar-refractivity contribution >= 4 is 28.9 Å². The Morgan fingerprint density at radius 1 is 1.17 bits per heavy atom. The van der Waals surface area contributed by atoms with Crippen molar-refractivity contribution in [1.29, 1.82) is 0 Å². The number of fused-ring (bicyclic) bond motifs is 1. The SMILES string of the molecule is COC(=O)C(Cc1c[nH]c2ccccc12)NC(=O)/C=C/c1cc(C)ccc1OC. The molecule has 0 radical (unpaired) electrons. The van der Waals surface area contributed by atoms with Gasteiger partial charge in [-0.05, 0) is 36.8 Å². The van der Waals surface area contributed by atoms with Gasteiger partial charge in [-0.15, -0.1) is 0 Å². The van der Waals surface area contributed by atoms with Crippen LogP contribution in [0, 0.1) is 6.92 Å². The summed E-state index contributed by atoms with van der Waals surface area (Å²) in [5.74, 6) is -0.211. The van der Waals surface area contributed by atoms with Crippen LogP contribution in [0.1, 0.15) is 16.7 Å². The summed E-state index contributed by atoms with van der Waals surface area (Å²) in [6.07, 6.45) is 5.23. The summed E-state index contributed by atoms with van der Waals surface area (Å²) >= 11 is 0. The number of esters is 1. The molecule has 0 bridgehead atoms. The summed E-state index contributed by atoms with van der Waals surface area (Å²) in [7, 11) is 2.89. The predicted octanol–water partition coefficient (Wildman–Crippen LogP) is 3.40. The van der Waals surface area contributed by atoms with Gasteiger partial charge in [0.05, 0.1) is 14.2 Å². The standard InChI is InChI=1S/C23H24N2O4/c1-15-8-10-21(28-2)16(12-15)9-11-22(26)25-20(23(27)29-3)13-17-14-24-19-7-5-4-6-18(17)19/h4-12,14,20,24H,13H2,1-3H3,(H,25,26)/b11-9+. The third kappa shape index (κ3) is 4.85. The van der Waals surface area contributed by atoms with Crippen LogP contribution in [0.2, 0.25) is 0 Å². The molecule has 1 heterocycles. The monoisotopic (exact) mass is 392 g/mol. The van der Waals surface area contributed by atoms with E-state index in [1.54, 1.807) is 13.2 Å². The molecule has 2 N–H and O–H groups in total. The van der Waals surface area contributed by atoms with Gasteiger partial charge >= 0.3 is 5.97 Å². The summed E-state index contributed by atoms with van der Waals surface area (Å²) in [5, 5.41) is 3.75. The van der Waals surface area contributed by atoms with Gasteiger partial charge in [0.1, 0.15) is 11.8 Å². The molecule has 1 unspecified atom stereocenters. The Morgan fingerprint density at radius 3 is 2.72 bits per heavy atom. The van der Waals surface area contributed by atoms with E-state index in [9.17, 15) is 9.59 Å². The number of aromatic amines is 1. The van der Waals surface area contributed by atoms with E-state index in [1.165, 1.54) is 13.2 Å². The number of benzene rings is 2. The zero-order valence-corrected chi connectivity index (χ0v) is 16.7. The topological polar surface area (TPSA) is 80.4 Å². The van der Waals surface area contributed by atoms with E-state index in [0.29, 0.717) is 12.2 Å². The summed E-state index contributed by atoms with van der Waals surface area (Å²) in [5.41, 5.74) is 3.75. The maximum atomic E-state index is 12.5. The average Bonchev–Trinajstić information content (AvgIpc) is 3.14. The Bertz CT molecular complexity index is 1050. The van der Waals surface area contributed by atoms with Crippen molar-refractivity contribution in [3.8, 4) is 5.75 Å². The number of carbonyl (C=O) groups is 2. The molecule has 2 aromatic carbocycles. The summed E-state index contributed by atoms with van der Waals surface area (Å²) in [6, 6.07) is 12.7. The van der Waals surface area contributed by atoms with Gasteiger partial charge in [0, 0.05) is 35.2 Å². The zero-order valence-electron chi connectivity index (χ0n) is 16.7. The second-order valence-electron chi connectivity index (χ2n) is 6.73. The maximum absolute atomic E-state index is 12.5. The number of methoxy groups -OCH3 is 2. The van der Waals surface area contributed by atoms with Crippen molar-refractivity contribution in [2.24, 2.45) is 0 Å². The number of aromatic nitrogens is 1. The molecule has 1 atom stereocenters. The Morgan fingerprint density at radius 2 is 1.97 bits per heavy atom. The minimum atomic E-state index is -0.796. The minimum Gasteiger partial charge on any atom is -0.496 e. The Balaban J connectivity index is 1.76. The highest BCUT2D eigenvalue weighted by molar-refractivity contribution is 5.95. The highest BCUT2D eigenvalue weighted by atomic mass is 16.5. The summed E-state index contributed by atoms with van der Waals surface area (Å²) < 4.78 is 10.2. The Labute approximate surface area is 169 Å². The van der Waals surface area contributed by atoms with Crippen LogP contribution < -0.4 is 10.1 Å². The van der Waals surface area contributed by atoms with Crippen molar-refractivity contribution in [1.82, 2.24) is 10.3 Å². The van der Waals surface area contributed by atoms with Crippen LogP contribution in [0.3, 0.4) is 0 Å².